The Hall–Kier alpha value is -1.62. The third kappa shape index (κ3) is 4.20. The zero-order valence-corrected chi connectivity index (χ0v) is 13.0. The lowest BCUT2D eigenvalue weighted by atomic mass is 10.1. The van der Waals surface area contributed by atoms with Crippen LogP contribution in [0.1, 0.15) is 57.8 Å². The van der Waals surface area contributed by atoms with Crippen molar-refractivity contribution in [2.75, 3.05) is 0 Å². The van der Waals surface area contributed by atoms with Crippen LogP contribution in [-0.4, -0.2) is 20.2 Å². The normalized spacial score (nSPS) is 12.3. The Kier molecular flexibility index (Phi) is 4.28. The summed E-state index contributed by atoms with van der Waals surface area (Å²) < 4.78 is 7.29. The minimum absolute atomic E-state index is 0.127. The zero-order chi connectivity index (χ0) is 14.8. The molecule has 2 heterocycles. The summed E-state index contributed by atoms with van der Waals surface area (Å²) in [6.07, 6.45) is 4.16. The van der Waals surface area contributed by atoms with E-state index in [9.17, 15) is 0 Å². The smallest absolute Gasteiger partial charge is 0.229 e. The fraction of sp³-hybridized carbons (Fsp3) is 0.600. The van der Waals surface area contributed by atoms with Gasteiger partial charge in [0.25, 0.3) is 0 Å². The Balaban J connectivity index is 1.95. The SMILES string of the molecule is CC(C)c1nc(Cn2ccc(CNC(C)(C)C)c2)no1. The van der Waals surface area contributed by atoms with E-state index in [2.05, 4.69) is 53.1 Å². The summed E-state index contributed by atoms with van der Waals surface area (Å²) in [5.74, 6) is 1.69. The average Bonchev–Trinajstić information content (AvgIpc) is 2.95. The van der Waals surface area contributed by atoms with E-state index in [0.29, 0.717) is 12.4 Å². The standard InChI is InChI=1S/C15H24N4O/c1-11(2)14-17-13(18-20-14)10-19-7-6-12(9-19)8-16-15(3,4)5/h6-7,9,11,16H,8,10H2,1-5H3. The minimum atomic E-state index is 0.127. The first-order chi connectivity index (χ1) is 9.33. The molecular weight excluding hydrogens is 252 g/mol. The molecule has 5 nitrogen and oxygen atoms in total. The lowest BCUT2D eigenvalue weighted by Crippen LogP contribution is -2.34. The second-order valence-electron chi connectivity index (χ2n) is 6.50. The van der Waals surface area contributed by atoms with Crippen molar-refractivity contribution in [2.45, 2.75) is 59.2 Å². The first-order valence-electron chi connectivity index (χ1n) is 7.05. The molecule has 0 aromatic carbocycles. The fourth-order valence-electron chi connectivity index (χ4n) is 1.79. The second kappa shape index (κ2) is 5.79. The minimum Gasteiger partial charge on any atom is -0.346 e. The molecule has 1 N–H and O–H groups in total. The van der Waals surface area contributed by atoms with Gasteiger partial charge in [0, 0.05) is 30.4 Å². The summed E-state index contributed by atoms with van der Waals surface area (Å²) in [4.78, 5) is 4.39. The maximum atomic E-state index is 5.21. The van der Waals surface area contributed by atoms with E-state index < -0.39 is 0 Å². The number of nitrogens with one attached hydrogen (secondary N) is 1. The third-order valence-electron chi connectivity index (χ3n) is 2.94. The van der Waals surface area contributed by atoms with Crippen molar-refractivity contribution in [3.63, 3.8) is 0 Å². The third-order valence-corrected chi connectivity index (χ3v) is 2.94. The summed E-state index contributed by atoms with van der Waals surface area (Å²) >= 11 is 0. The molecule has 0 saturated carbocycles. The van der Waals surface area contributed by atoms with Crippen LogP contribution >= 0.6 is 0 Å². The van der Waals surface area contributed by atoms with E-state index in [1.165, 1.54) is 5.56 Å². The molecule has 0 fully saturated rings. The maximum absolute atomic E-state index is 5.21. The van der Waals surface area contributed by atoms with Gasteiger partial charge in [-0.05, 0) is 32.4 Å². The van der Waals surface area contributed by atoms with Gasteiger partial charge in [-0.15, -0.1) is 0 Å². The van der Waals surface area contributed by atoms with Crippen molar-refractivity contribution in [1.29, 1.82) is 0 Å². The van der Waals surface area contributed by atoms with Gasteiger partial charge in [0.2, 0.25) is 5.89 Å². The molecule has 0 aliphatic rings. The molecule has 0 aliphatic carbocycles. The molecule has 0 radical (unpaired) electrons. The highest BCUT2D eigenvalue weighted by Gasteiger charge is 2.11. The van der Waals surface area contributed by atoms with Gasteiger partial charge in [0.05, 0.1) is 6.54 Å². The van der Waals surface area contributed by atoms with Crippen molar-refractivity contribution < 1.29 is 4.52 Å². The first kappa shape index (κ1) is 14.8. The van der Waals surface area contributed by atoms with Crippen molar-refractivity contribution >= 4 is 0 Å². The molecule has 0 spiro atoms. The van der Waals surface area contributed by atoms with Crippen LogP contribution in [0.15, 0.2) is 23.0 Å². The summed E-state index contributed by atoms with van der Waals surface area (Å²) in [6.45, 7) is 12.1. The Morgan fingerprint density at radius 1 is 1.35 bits per heavy atom. The zero-order valence-electron chi connectivity index (χ0n) is 13.0. The Labute approximate surface area is 120 Å². The molecule has 0 atom stereocenters. The average molecular weight is 276 g/mol. The largest absolute Gasteiger partial charge is 0.346 e. The lowest BCUT2D eigenvalue weighted by molar-refractivity contribution is 0.360. The molecule has 110 valence electrons. The van der Waals surface area contributed by atoms with Gasteiger partial charge in [0.1, 0.15) is 0 Å². The Morgan fingerprint density at radius 2 is 2.10 bits per heavy atom. The predicted molar refractivity (Wildman–Crippen MR) is 78.5 cm³/mol. The molecule has 5 heteroatoms. The second-order valence-corrected chi connectivity index (χ2v) is 6.50. The molecule has 0 unspecified atom stereocenters. The van der Waals surface area contributed by atoms with Crippen molar-refractivity contribution in [1.82, 2.24) is 20.0 Å². The molecule has 0 saturated heterocycles. The summed E-state index contributed by atoms with van der Waals surface area (Å²) in [6, 6.07) is 2.11. The van der Waals surface area contributed by atoms with E-state index in [1.54, 1.807) is 0 Å². The van der Waals surface area contributed by atoms with Gasteiger partial charge in [0.15, 0.2) is 5.82 Å². The maximum Gasteiger partial charge on any atom is 0.229 e. The summed E-state index contributed by atoms with van der Waals surface area (Å²) in [7, 11) is 0. The highest BCUT2D eigenvalue weighted by atomic mass is 16.5. The quantitative estimate of drug-likeness (QED) is 0.912. The monoisotopic (exact) mass is 276 g/mol. The van der Waals surface area contributed by atoms with Crippen LogP contribution in [-0.2, 0) is 13.1 Å². The number of hydrogen-bond acceptors (Lipinski definition) is 4. The first-order valence-corrected chi connectivity index (χ1v) is 7.05. The predicted octanol–water partition coefficient (Wildman–Crippen LogP) is 2.93. The fourth-order valence-corrected chi connectivity index (χ4v) is 1.79. The van der Waals surface area contributed by atoms with Crippen molar-refractivity contribution in [3.8, 4) is 0 Å². The Bertz CT molecular complexity index is 548. The highest BCUT2D eigenvalue weighted by molar-refractivity contribution is 5.11. The van der Waals surface area contributed by atoms with Crippen LogP contribution < -0.4 is 5.32 Å². The van der Waals surface area contributed by atoms with Gasteiger partial charge >= 0.3 is 0 Å². The summed E-state index contributed by atoms with van der Waals surface area (Å²) in [5, 5.41) is 7.48. The van der Waals surface area contributed by atoms with Crippen molar-refractivity contribution in [3.05, 3.63) is 35.7 Å². The topological polar surface area (TPSA) is 55.9 Å². The van der Waals surface area contributed by atoms with Crippen LogP contribution in [0.2, 0.25) is 0 Å². The van der Waals surface area contributed by atoms with Crippen LogP contribution in [0, 0.1) is 0 Å². The van der Waals surface area contributed by atoms with Crippen LogP contribution in [0.4, 0.5) is 0 Å². The van der Waals surface area contributed by atoms with Crippen LogP contribution in [0.25, 0.3) is 0 Å². The lowest BCUT2D eigenvalue weighted by Gasteiger charge is -2.19. The van der Waals surface area contributed by atoms with E-state index in [1.807, 2.05) is 20.0 Å². The van der Waals surface area contributed by atoms with Gasteiger partial charge in [-0.25, -0.2) is 0 Å². The molecule has 2 aromatic heterocycles. The van der Waals surface area contributed by atoms with E-state index in [0.717, 1.165) is 12.4 Å². The van der Waals surface area contributed by atoms with Gasteiger partial charge in [-0.1, -0.05) is 19.0 Å². The van der Waals surface area contributed by atoms with Crippen LogP contribution in [0.5, 0.6) is 0 Å². The van der Waals surface area contributed by atoms with E-state index in [4.69, 9.17) is 4.52 Å². The Morgan fingerprint density at radius 3 is 2.70 bits per heavy atom. The molecule has 0 amide bonds. The molecule has 2 aromatic rings. The van der Waals surface area contributed by atoms with Crippen LogP contribution in [0.3, 0.4) is 0 Å². The van der Waals surface area contributed by atoms with Gasteiger partial charge in [-0.3, -0.25) is 0 Å². The van der Waals surface area contributed by atoms with Crippen molar-refractivity contribution in [2.24, 2.45) is 0 Å². The number of rotatable bonds is 5. The van der Waals surface area contributed by atoms with Gasteiger partial charge in [-0.2, -0.15) is 4.98 Å². The molecular formula is C15H24N4O. The molecule has 2 rings (SSSR count). The number of aromatic nitrogens is 3. The molecule has 20 heavy (non-hydrogen) atoms. The molecule has 0 bridgehead atoms. The summed E-state index contributed by atoms with van der Waals surface area (Å²) in [5.41, 5.74) is 1.38. The van der Waals surface area contributed by atoms with Gasteiger partial charge < -0.3 is 14.4 Å². The number of nitrogens with zero attached hydrogens (tertiary/aromatic N) is 3. The van der Waals surface area contributed by atoms with E-state index >= 15 is 0 Å². The van der Waals surface area contributed by atoms with E-state index in [-0.39, 0.29) is 11.5 Å². The molecule has 0 aliphatic heterocycles. The number of hydrogen-bond donors (Lipinski definition) is 1. The highest BCUT2D eigenvalue weighted by Crippen LogP contribution is 2.12.